The van der Waals surface area contributed by atoms with E-state index in [-0.39, 0.29) is 6.04 Å². The van der Waals surface area contributed by atoms with Gasteiger partial charge in [0.2, 0.25) is 0 Å². The summed E-state index contributed by atoms with van der Waals surface area (Å²) >= 11 is 1.29. The lowest BCUT2D eigenvalue weighted by Crippen LogP contribution is -2.41. The fourth-order valence-electron chi connectivity index (χ4n) is 4.01. The number of hydrogen-bond donors (Lipinski definition) is 2. The minimum atomic E-state index is -0.675. The largest absolute Gasteiger partial charge is 0.374 e. The van der Waals surface area contributed by atoms with Gasteiger partial charge in [0.05, 0.1) is 6.04 Å². The number of nitrogens with zero attached hydrogens (tertiary/aromatic N) is 3. The van der Waals surface area contributed by atoms with Gasteiger partial charge in [-0.3, -0.25) is 19.8 Å². The number of anilines is 2. The molecule has 3 heterocycles. The summed E-state index contributed by atoms with van der Waals surface area (Å²) in [5.74, 6) is -1.30. The summed E-state index contributed by atoms with van der Waals surface area (Å²) in [5, 5.41) is 7.53. The minimum Gasteiger partial charge on any atom is -0.374 e. The maximum absolute atomic E-state index is 12.3. The number of carbonyl (C=O) groups excluding carboxylic acids is 2. The topological polar surface area (TPSA) is 77.6 Å². The predicted molar refractivity (Wildman–Crippen MR) is 111 cm³/mol. The number of amides is 2. The van der Waals surface area contributed by atoms with Crippen molar-refractivity contribution in [3.05, 3.63) is 40.9 Å². The Morgan fingerprint density at radius 3 is 2.79 bits per heavy atom. The van der Waals surface area contributed by atoms with E-state index >= 15 is 0 Å². The molecule has 7 nitrogen and oxygen atoms in total. The van der Waals surface area contributed by atoms with Crippen molar-refractivity contribution >= 4 is 34.0 Å². The first kappa shape index (κ1) is 18.9. The van der Waals surface area contributed by atoms with Gasteiger partial charge in [0.15, 0.2) is 5.13 Å². The van der Waals surface area contributed by atoms with Crippen molar-refractivity contribution in [2.24, 2.45) is 0 Å². The van der Waals surface area contributed by atoms with E-state index in [1.807, 2.05) is 0 Å². The third kappa shape index (κ3) is 4.02. The lowest BCUT2D eigenvalue weighted by atomic mass is 10.0. The first-order valence-electron chi connectivity index (χ1n) is 9.68. The van der Waals surface area contributed by atoms with Crippen molar-refractivity contribution in [1.29, 1.82) is 0 Å². The van der Waals surface area contributed by atoms with Crippen molar-refractivity contribution in [2.75, 3.05) is 43.4 Å². The van der Waals surface area contributed by atoms with Crippen LogP contribution in [0.4, 0.5) is 10.8 Å². The van der Waals surface area contributed by atoms with Crippen LogP contribution in [0, 0.1) is 0 Å². The van der Waals surface area contributed by atoms with Gasteiger partial charge in [0.1, 0.15) is 0 Å². The van der Waals surface area contributed by atoms with Crippen LogP contribution in [0.15, 0.2) is 29.8 Å². The summed E-state index contributed by atoms with van der Waals surface area (Å²) in [5.41, 5.74) is 3.85. The van der Waals surface area contributed by atoms with Crippen LogP contribution in [-0.4, -0.2) is 54.9 Å². The molecule has 0 aliphatic carbocycles. The second-order valence-corrected chi connectivity index (χ2v) is 8.21. The van der Waals surface area contributed by atoms with Gasteiger partial charge in [-0.15, -0.1) is 11.3 Å². The van der Waals surface area contributed by atoms with Gasteiger partial charge in [-0.1, -0.05) is 12.1 Å². The quantitative estimate of drug-likeness (QED) is 0.753. The maximum atomic E-state index is 12.3. The number of carbonyl (C=O) groups is 2. The number of likely N-dealkylation sites (tertiary alicyclic amines) is 1. The molecule has 2 aliphatic heterocycles. The molecule has 28 heavy (non-hydrogen) atoms. The minimum absolute atomic E-state index is 0.0790. The standard InChI is InChI=1S/C20H25N5O2S/c1-24-10-6-15-12-14(4-5-16(15)24)17(25-8-2-3-9-25)13-22-18(26)19(27)23-20-21-7-11-28-20/h4-5,7,11-12,17H,2-3,6,8-10,13H2,1H3,(H,22,26)(H,21,23,27). The van der Waals surface area contributed by atoms with Gasteiger partial charge in [-0.25, -0.2) is 4.98 Å². The van der Waals surface area contributed by atoms with Crippen molar-refractivity contribution in [3.63, 3.8) is 0 Å². The van der Waals surface area contributed by atoms with Crippen molar-refractivity contribution in [1.82, 2.24) is 15.2 Å². The Kier molecular flexibility index (Phi) is 5.59. The number of thiazole rings is 1. The maximum Gasteiger partial charge on any atom is 0.315 e. The zero-order valence-corrected chi connectivity index (χ0v) is 16.8. The van der Waals surface area contributed by atoms with E-state index < -0.39 is 11.8 Å². The summed E-state index contributed by atoms with van der Waals surface area (Å²) in [4.78, 5) is 33.0. The van der Waals surface area contributed by atoms with E-state index in [0.717, 1.165) is 26.1 Å². The van der Waals surface area contributed by atoms with Gasteiger partial charge in [0, 0.05) is 37.4 Å². The molecule has 148 valence electrons. The SMILES string of the molecule is CN1CCc2cc(C(CNC(=O)C(=O)Nc3nccs3)N3CCCC3)ccc21. The fraction of sp³-hybridized carbons (Fsp3) is 0.450. The highest BCUT2D eigenvalue weighted by Gasteiger charge is 2.27. The Labute approximate surface area is 168 Å². The summed E-state index contributed by atoms with van der Waals surface area (Å²) in [6.07, 6.45) is 4.98. The molecule has 0 spiro atoms. The van der Waals surface area contributed by atoms with Gasteiger partial charge in [-0.2, -0.15) is 0 Å². The van der Waals surface area contributed by atoms with Crippen molar-refractivity contribution in [3.8, 4) is 0 Å². The van der Waals surface area contributed by atoms with E-state index in [2.05, 4.69) is 50.7 Å². The van der Waals surface area contributed by atoms with Crippen LogP contribution in [0.2, 0.25) is 0 Å². The number of rotatable bonds is 5. The molecule has 2 aromatic rings. The average molecular weight is 400 g/mol. The molecule has 1 unspecified atom stereocenters. The molecule has 2 amide bonds. The van der Waals surface area contributed by atoms with Gasteiger partial charge >= 0.3 is 11.8 Å². The fourth-order valence-corrected chi connectivity index (χ4v) is 4.54. The van der Waals surface area contributed by atoms with Gasteiger partial charge in [0.25, 0.3) is 0 Å². The molecule has 1 aromatic heterocycles. The second kappa shape index (κ2) is 8.28. The first-order valence-corrected chi connectivity index (χ1v) is 10.6. The molecule has 0 radical (unpaired) electrons. The molecule has 0 bridgehead atoms. The Bertz CT molecular complexity index is 848. The average Bonchev–Trinajstić information content (AvgIpc) is 3.45. The van der Waals surface area contributed by atoms with Gasteiger partial charge < -0.3 is 10.2 Å². The van der Waals surface area contributed by atoms with E-state index in [1.165, 1.54) is 41.0 Å². The Morgan fingerprint density at radius 2 is 2.04 bits per heavy atom. The first-order chi connectivity index (χ1) is 13.6. The highest BCUT2D eigenvalue weighted by atomic mass is 32.1. The van der Waals surface area contributed by atoms with Crippen LogP contribution in [0.1, 0.15) is 30.0 Å². The molecule has 8 heteroatoms. The van der Waals surface area contributed by atoms with Crippen LogP contribution in [0.25, 0.3) is 0 Å². The number of benzene rings is 1. The summed E-state index contributed by atoms with van der Waals surface area (Å²) < 4.78 is 0. The summed E-state index contributed by atoms with van der Waals surface area (Å²) in [7, 11) is 2.12. The predicted octanol–water partition coefficient (Wildman–Crippen LogP) is 2.03. The summed E-state index contributed by atoms with van der Waals surface area (Å²) in [6, 6.07) is 6.68. The van der Waals surface area contributed by atoms with Crippen LogP contribution < -0.4 is 15.5 Å². The molecule has 1 aromatic carbocycles. The molecule has 2 N–H and O–H groups in total. The number of nitrogens with one attached hydrogen (secondary N) is 2. The molecular weight excluding hydrogens is 374 g/mol. The molecule has 2 aliphatic rings. The van der Waals surface area contributed by atoms with Gasteiger partial charge in [-0.05, 0) is 49.5 Å². The second-order valence-electron chi connectivity index (χ2n) is 7.32. The third-order valence-electron chi connectivity index (χ3n) is 5.51. The normalized spacial score (nSPS) is 17.4. The number of aromatic nitrogens is 1. The van der Waals surface area contributed by atoms with Crippen LogP contribution in [0.5, 0.6) is 0 Å². The molecule has 4 rings (SSSR count). The zero-order chi connectivity index (χ0) is 19.5. The van der Waals surface area contributed by atoms with Crippen LogP contribution in [-0.2, 0) is 16.0 Å². The zero-order valence-electron chi connectivity index (χ0n) is 16.0. The molecule has 1 atom stereocenters. The smallest absolute Gasteiger partial charge is 0.315 e. The van der Waals surface area contributed by atoms with E-state index in [0.29, 0.717) is 11.7 Å². The van der Waals surface area contributed by atoms with E-state index in [9.17, 15) is 9.59 Å². The Balaban J connectivity index is 1.45. The van der Waals surface area contributed by atoms with Crippen LogP contribution >= 0.6 is 11.3 Å². The summed E-state index contributed by atoms with van der Waals surface area (Å²) in [6.45, 7) is 3.49. The Hall–Kier alpha value is -2.45. The molecule has 0 saturated carbocycles. The van der Waals surface area contributed by atoms with E-state index in [4.69, 9.17) is 0 Å². The van der Waals surface area contributed by atoms with Crippen molar-refractivity contribution < 1.29 is 9.59 Å². The molecule has 1 fully saturated rings. The lowest BCUT2D eigenvalue weighted by Gasteiger charge is -2.28. The lowest BCUT2D eigenvalue weighted by molar-refractivity contribution is -0.136. The molecular formula is C20H25N5O2S. The Morgan fingerprint density at radius 1 is 1.21 bits per heavy atom. The third-order valence-corrected chi connectivity index (χ3v) is 6.20. The number of fused-ring (bicyclic) bond motifs is 1. The van der Waals surface area contributed by atoms with Crippen LogP contribution in [0.3, 0.4) is 0 Å². The van der Waals surface area contributed by atoms with Crippen molar-refractivity contribution in [2.45, 2.75) is 25.3 Å². The number of likely N-dealkylation sites (N-methyl/N-ethyl adjacent to an activating group) is 1. The molecule has 1 saturated heterocycles. The monoisotopic (exact) mass is 399 g/mol. The van der Waals surface area contributed by atoms with E-state index in [1.54, 1.807) is 11.6 Å². The highest BCUT2D eigenvalue weighted by Crippen LogP contribution is 2.32. The highest BCUT2D eigenvalue weighted by molar-refractivity contribution is 7.13. The number of hydrogen-bond acceptors (Lipinski definition) is 6.